The summed E-state index contributed by atoms with van der Waals surface area (Å²) in [5.74, 6) is -0.924. The zero-order valence-electron chi connectivity index (χ0n) is 14.0. The molecule has 0 saturated heterocycles. The van der Waals surface area contributed by atoms with Crippen LogP contribution < -0.4 is 14.8 Å². The number of halogens is 2. The number of rotatable bonds is 5. The zero-order valence-corrected chi connectivity index (χ0v) is 14.0. The number of aromatic nitrogens is 2. The van der Waals surface area contributed by atoms with Gasteiger partial charge >= 0.3 is 0 Å². The van der Waals surface area contributed by atoms with E-state index in [1.54, 1.807) is 18.2 Å². The summed E-state index contributed by atoms with van der Waals surface area (Å²) in [6, 6.07) is 9.44. The van der Waals surface area contributed by atoms with Crippen molar-refractivity contribution in [3.05, 3.63) is 59.8 Å². The molecule has 1 aromatic heterocycles. The van der Waals surface area contributed by atoms with Crippen LogP contribution in [0.15, 0.2) is 42.5 Å². The average Bonchev–Trinajstić information content (AvgIpc) is 3.14. The largest absolute Gasteiger partial charge is 0.497 e. The molecule has 2 N–H and O–H groups in total. The molecule has 0 atom stereocenters. The molecule has 2 aromatic carbocycles. The van der Waals surface area contributed by atoms with Crippen LogP contribution in [0.25, 0.3) is 11.3 Å². The van der Waals surface area contributed by atoms with Crippen molar-refractivity contribution >= 4 is 11.6 Å². The Hall–Kier alpha value is -3.42. The summed E-state index contributed by atoms with van der Waals surface area (Å²) in [6.45, 7) is 0. The SMILES string of the molecule is COc1ccc(-c2cc(C(=O)Nc3cc(F)ccc3F)[nH]n2)c(OC)c1. The average molecular weight is 359 g/mol. The number of carbonyl (C=O) groups is 1. The van der Waals surface area contributed by atoms with Gasteiger partial charge in [0.05, 0.1) is 25.6 Å². The van der Waals surface area contributed by atoms with Gasteiger partial charge in [-0.2, -0.15) is 5.10 Å². The standard InChI is InChI=1S/C18H15F2N3O3/c1-25-11-4-5-12(17(8-11)26-2)14-9-16(23-22-14)18(24)21-15-7-10(19)3-6-13(15)20/h3-9H,1-2H3,(H,21,24)(H,22,23). The van der Waals surface area contributed by atoms with Crippen LogP contribution >= 0.6 is 0 Å². The Morgan fingerprint density at radius 1 is 1.08 bits per heavy atom. The molecule has 0 fully saturated rings. The molecule has 26 heavy (non-hydrogen) atoms. The van der Waals surface area contributed by atoms with Gasteiger partial charge in [0.1, 0.15) is 28.8 Å². The van der Waals surface area contributed by atoms with E-state index in [9.17, 15) is 13.6 Å². The van der Waals surface area contributed by atoms with Gasteiger partial charge in [-0.3, -0.25) is 9.89 Å². The Morgan fingerprint density at radius 2 is 1.88 bits per heavy atom. The summed E-state index contributed by atoms with van der Waals surface area (Å²) in [5, 5.41) is 8.95. The first kappa shape index (κ1) is 17.4. The van der Waals surface area contributed by atoms with Crippen molar-refractivity contribution in [1.82, 2.24) is 10.2 Å². The summed E-state index contributed by atoms with van der Waals surface area (Å²) in [6.07, 6.45) is 0. The Bertz CT molecular complexity index is 957. The molecule has 1 amide bonds. The summed E-state index contributed by atoms with van der Waals surface area (Å²) >= 11 is 0. The Morgan fingerprint density at radius 3 is 2.62 bits per heavy atom. The van der Waals surface area contributed by atoms with Gasteiger partial charge < -0.3 is 14.8 Å². The van der Waals surface area contributed by atoms with Crippen molar-refractivity contribution < 1.29 is 23.0 Å². The fourth-order valence-electron chi connectivity index (χ4n) is 2.37. The number of anilines is 1. The van der Waals surface area contributed by atoms with Crippen LogP contribution in [-0.2, 0) is 0 Å². The molecular weight excluding hydrogens is 344 g/mol. The molecule has 0 aliphatic heterocycles. The number of H-pyrrole nitrogens is 1. The van der Waals surface area contributed by atoms with E-state index in [0.29, 0.717) is 22.8 Å². The van der Waals surface area contributed by atoms with Gasteiger partial charge in [0.2, 0.25) is 0 Å². The van der Waals surface area contributed by atoms with Gasteiger partial charge in [-0.1, -0.05) is 0 Å². The normalized spacial score (nSPS) is 10.5. The first-order valence-corrected chi connectivity index (χ1v) is 7.56. The minimum Gasteiger partial charge on any atom is -0.497 e. The molecule has 0 radical (unpaired) electrons. The minimum atomic E-state index is -0.740. The Balaban J connectivity index is 1.86. The van der Waals surface area contributed by atoms with Crippen LogP contribution in [0, 0.1) is 11.6 Å². The quantitative estimate of drug-likeness (QED) is 0.729. The van der Waals surface area contributed by atoms with Crippen LogP contribution in [0.2, 0.25) is 0 Å². The summed E-state index contributed by atoms with van der Waals surface area (Å²) < 4.78 is 37.3. The highest BCUT2D eigenvalue weighted by atomic mass is 19.1. The lowest BCUT2D eigenvalue weighted by atomic mass is 10.1. The van der Waals surface area contributed by atoms with E-state index < -0.39 is 17.5 Å². The third-order valence-electron chi connectivity index (χ3n) is 3.68. The Labute approximate surface area is 147 Å². The second-order valence-electron chi connectivity index (χ2n) is 5.31. The monoisotopic (exact) mass is 359 g/mol. The van der Waals surface area contributed by atoms with E-state index in [1.807, 2.05) is 0 Å². The lowest BCUT2D eigenvalue weighted by Gasteiger charge is -2.08. The molecule has 6 nitrogen and oxygen atoms in total. The fraction of sp³-hybridized carbons (Fsp3) is 0.111. The molecule has 1 heterocycles. The van der Waals surface area contributed by atoms with E-state index in [-0.39, 0.29) is 11.4 Å². The van der Waals surface area contributed by atoms with Crippen LogP contribution in [-0.4, -0.2) is 30.3 Å². The highest BCUT2D eigenvalue weighted by molar-refractivity contribution is 6.03. The predicted molar refractivity (Wildman–Crippen MR) is 91.4 cm³/mol. The second kappa shape index (κ2) is 7.22. The molecule has 0 aliphatic rings. The molecule has 0 aliphatic carbocycles. The molecule has 0 spiro atoms. The molecule has 8 heteroatoms. The third-order valence-corrected chi connectivity index (χ3v) is 3.68. The third kappa shape index (κ3) is 3.49. The van der Waals surface area contributed by atoms with E-state index >= 15 is 0 Å². The number of nitrogens with one attached hydrogen (secondary N) is 2. The van der Waals surface area contributed by atoms with Gasteiger partial charge in [0.25, 0.3) is 5.91 Å². The second-order valence-corrected chi connectivity index (χ2v) is 5.31. The fourth-order valence-corrected chi connectivity index (χ4v) is 2.37. The van der Waals surface area contributed by atoms with Crippen molar-refractivity contribution in [2.45, 2.75) is 0 Å². The van der Waals surface area contributed by atoms with Crippen molar-refractivity contribution in [2.75, 3.05) is 19.5 Å². The number of benzene rings is 2. The Kier molecular flexibility index (Phi) is 4.83. The van der Waals surface area contributed by atoms with E-state index in [0.717, 1.165) is 18.2 Å². The number of methoxy groups -OCH3 is 2. The number of hydrogen-bond donors (Lipinski definition) is 2. The summed E-state index contributed by atoms with van der Waals surface area (Å²) in [4.78, 5) is 12.3. The van der Waals surface area contributed by atoms with Crippen molar-refractivity contribution in [2.24, 2.45) is 0 Å². The molecule has 0 unspecified atom stereocenters. The number of carbonyl (C=O) groups excluding carboxylic acids is 1. The first-order valence-electron chi connectivity index (χ1n) is 7.56. The predicted octanol–water partition coefficient (Wildman–Crippen LogP) is 3.62. The maximum absolute atomic E-state index is 13.7. The van der Waals surface area contributed by atoms with E-state index in [2.05, 4.69) is 15.5 Å². The smallest absolute Gasteiger partial charge is 0.273 e. The van der Waals surface area contributed by atoms with Crippen LogP contribution in [0.5, 0.6) is 11.5 Å². The number of nitrogens with zero attached hydrogens (tertiary/aromatic N) is 1. The lowest BCUT2D eigenvalue weighted by Crippen LogP contribution is -2.13. The van der Waals surface area contributed by atoms with Crippen LogP contribution in [0.4, 0.5) is 14.5 Å². The number of aromatic amines is 1. The number of ether oxygens (including phenoxy) is 2. The van der Waals surface area contributed by atoms with Gasteiger partial charge in [0, 0.05) is 17.7 Å². The highest BCUT2D eigenvalue weighted by Gasteiger charge is 2.16. The molecule has 0 saturated carbocycles. The highest BCUT2D eigenvalue weighted by Crippen LogP contribution is 2.32. The van der Waals surface area contributed by atoms with Gasteiger partial charge in [-0.15, -0.1) is 0 Å². The summed E-state index contributed by atoms with van der Waals surface area (Å²) in [5.41, 5.74) is 0.921. The molecule has 3 rings (SSSR count). The zero-order chi connectivity index (χ0) is 18.7. The number of amides is 1. The molecule has 134 valence electrons. The lowest BCUT2D eigenvalue weighted by molar-refractivity contribution is 0.102. The summed E-state index contributed by atoms with van der Waals surface area (Å²) in [7, 11) is 3.04. The van der Waals surface area contributed by atoms with Gasteiger partial charge in [-0.05, 0) is 30.3 Å². The van der Waals surface area contributed by atoms with Crippen molar-refractivity contribution in [3.63, 3.8) is 0 Å². The van der Waals surface area contributed by atoms with Crippen LogP contribution in [0.3, 0.4) is 0 Å². The number of hydrogen-bond acceptors (Lipinski definition) is 4. The first-order chi connectivity index (χ1) is 12.5. The van der Waals surface area contributed by atoms with Gasteiger partial charge in [-0.25, -0.2) is 8.78 Å². The van der Waals surface area contributed by atoms with E-state index in [1.165, 1.54) is 20.3 Å². The van der Waals surface area contributed by atoms with Crippen molar-refractivity contribution in [3.8, 4) is 22.8 Å². The molecular formula is C18H15F2N3O3. The van der Waals surface area contributed by atoms with Crippen molar-refractivity contribution in [1.29, 1.82) is 0 Å². The molecule has 3 aromatic rings. The topological polar surface area (TPSA) is 76.2 Å². The maximum atomic E-state index is 13.7. The maximum Gasteiger partial charge on any atom is 0.273 e. The van der Waals surface area contributed by atoms with E-state index in [4.69, 9.17) is 9.47 Å². The molecule has 0 bridgehead atoms. The van der Waals surface area contributed by atoms with Crippen LogP contribution in [0.1, 0.15) is 10.5 Å². The minimum absolute atomic E-state index is 0.0848. The van der Waals surface area contributed by atoms with Gasteiger partial charge in [0.15, 0.2) is 0 Å².